The maximum atomic E-state index is 13.4. The van der Waals surface area contributed by atoms with Crippen molar-refractivity contribution in [3.05, 3.63) is 5.21 Å². The first kappa shape index (κ1) is 17.9. The van der Waals surface area contributed by atoms with Crippen molar-refractivity contribution in [3.63, 3.8) is 0 Å². The molecule has 0 aliphatic carbocycles. The third-order valence-corrected chi connectivity index (χ3v) is 4.84. The van der Waals surface area contributed by atoms with Gasteiger partial charge in [0.2, 0.25) is 0 Å². The van der Waals surface area contributed by atoms with Gasteiger partial charge in [0.25, 0.3) is 0 Å². The van der Waals surface area contributed by atoms with Crippen LogP contribution < -0.4 is 0 Å². The summed E-state index contributed by atoms with van der Waals surface area (Å²) >= 11 is 0. The second-order valence-corrected chi connectivity index (χ2v) is 6.56. The Bertz CT molecular complexity index is 244. The van der Waals surface area contributed by atoms with Crippen LogP contribution in [0.1, 0.15) is 79.1 Å². The lowest BCUT2D eigenvalue weighted by Gasteiger charge is -2.59. The van der Waals surface area contributed by atoms with Crippen molar-refractivity contribution < 1.29 is 9.38 Å². The van der Waals surface area contributed by atoms with E-state index in [4.69, 9.17) is 4.74 Å². The minimum absolute atomic E-state index is 0.0724. The molecule has 0 spiro atoms. The zero-order valence-electron chi connectivity index (χ0n) is 14.2. The Balaban J connectivity index is 2.98. The number of ether oxygens (including phenoxy) is 1. The van der Waals surface area contributed by atoms with Crippen molar-refractivity contribution in [2.45, 2.75) is 103 Å². The van der Waals surface area contributed by atoms with Crippen LogP contribution in [0.5, 0.6) is 0 Å². The lowest BCUT2D eigenvalue weighted by Crippen LogP contribution is -2.67. The molecule has 120 valence electrons. The van der Waals surface area contributed by atoms with Gasteiger partial charge in [-0.2, -0.15) is 0 Å². The molecular weight excluding hydrogens is 250 g/mol. The maximum absolute atomic E-state index is 13.4. The summed E-state index contributed by atoms with van der Waals surface area (Å²) < 4.78 is 6.35. The number of likely N-dealkylation sites (N-methyl/N-ethyl adjacent to an activating group) is 1. The fourth-order valence-electron chi connectivity index (χ4n) is 3.88. The van der Waals surface area contributed by atoms with Gasteiger partial charge in [0.05, 0.1) is 7.05 Å². The Morgan fingerprint density at radius 1 is 0.750 bits per heavy atom. The van der Waals surface area contributed by atoms with Crippen molar-refractivity contribution in [1.82, 2.24) is 0 Å². The molecular formula is C17H35NO2. The van der Waals surface area contributed by atoms with Crippen molar-refractivity contribution >= 4 is 0 Å². The molecule has 4 atom stereocenters. The Morgan fingerprint density at radius 2 is 1.10 bits per heavy atom. The van der Waals surface area contributed by atoms with Crippen molar-refractivity contribution in [2.75, 3.05) is 7.05 Å². The molecule has 4 unspecified atom stereocenters. The predicted octanol–water partition coefficient (Wildman–Crippen LogP) is 4.64. The fraction of sp³-hybridized carbons (Fsp3) is 1.00. The van der Waals surface area contributed by atoms with Crippen LogP contribution in [0.25, 0.3) is 0 Å². The molecule has 1 rings (SSSR count). The van der Waals surface area contributed by atoms with Crippen LogP contribution >= 0.6 is 0 Å². The standard InChI is InChI=1S/C17H35NO2/c1-6-10-14-16(12-8-3)20-17(13-9-4)15(11-7-2)18(14,5)19/h14-17H,6-13H2,1-5H3. The van der Waals surface area contributed by atoms with Gasteiger partial charge in [-0.15, -0.1) is 0 Å². The molecule has 0 saturated carbocycles. The quantitative estimate of drug-likeness (QED) is 0.481. The topological polar surface area (TPSA) is 32.3 Å². The van der Waals surface area contributed by atoms with E-state index in [1.807, 2.05) is 7.05 Å². The summed E-state index contributed by atoms with van der Waals surface area (Å²) in [6.07, 6.45) is 8.69. The van der Waals surface area contributed by atoms with Crippen LogP contribution in [-0.2, 0) is 4.74 Å². The average Bonchev–Trinajstić information content (AvgIpc) is 2.39. The van der Waals surface area contributed by atoms with E-state index in [1.54, 1.807) is 0 Å². The third-order valence-electron chi connectivity index (χ3n) is 4.84. The van der Waals surface area contributed by atoms with Gasteiger partial charge in [-0.3, -0.25) is 0 Å². The molecule has 1 heterocycles. The van der Waals surface area contributed by atoms with Gasteiger partial charge in [-0.1, -0.05) is 53.4 Å². The van der Waals surface area contributed by atoms with E-state index in [1.165, 1.54) is 0 Å². The summed E-state index contributed by atoms with van der Waals surface area (Å²) in [4.78, 5) is 0. The lowest BCUT2D eigenvalue weighted by atomic mass is 9.89. The van der Waals surface area contributed by atoms with E-state index in [2.05, 4.69) is 27.7 Å². The van der Waals surface area contributed by atoms with Crippen LogP contribution in [0.4, 0.5) is 0 Å². The zero-order valence-corrected chi connectivity index (χ0v) is 14.2. The van der Waals surface area contributed by atoms with Crippen LogP contribution in [0, 0.1) is 5.21 Å². The molecule has 1 fully saturated rings. The molecule has 3 heteroatoms. The summed E-state index contributed by atoms with van der Waals surface area (Å²) in [6.45, 7) is 8.73. The fourth-order valence-corrected chi connectivity index (χ4v) is 3.88. The molecule has 0 aromatic heterocycles. The van der Waals surface area contributed by atoms with Gasteiger partial charge < -0.3 is 14.6 Å². The largest absolute Gasteiger partial charge is 0.632 e. The lowest BCUT2D eigenvalue weighted by molar-refractivity contribution is -0.929. The van der Waals surface area contributed by atoms with E-state index in [0.717, 1.165) is 51.4 Å². The minimum Gasteiger partial charge on any atom is -0.632 e. The summed E-state index contributed by atoms with van der Waals surface area (Å²) in [6, 6.07) is 0.259. The minimum atomic E-state index is -0.0724. The molecule has 0 radical (unpaired) electrons. The molecule has 1 aliphatic rings. The molecule has 1 saturated heterocycles. The molecule has 0 amide bonds. The third kappa shape index (κ3) is 3.96. The van der Waals surface area contributed by atoms with Gasteiger partial charge in [0.1, 0.15) is 24.3 Å². The highest BCUT2D eigenvalue weighted by Crippen LogP contribution is 2.37. The van der Waals surface area contributed by atoms with Crippen molar-refractivity contribution in [3.8, 4) is 0 Å². The van der Waals surface area contributed by atoms with Gasteiger partial charge in [-0.25, -0.2) is 0 Å². The second-order valence-electron chi connectivity index (χ2n) is 6.56. The first-order valence-corrected chi connectivity index (χ1v) is 8.75. The monoisotopic (exact) mass is 285 g/mol. The normalized spacial score (nSPS) is 38.1. The maximum Gasteiger partial charge on any atom is 0.115 e. The predicted molar refractivity (Wildman–Crippen MR) is 85.4 cm³/mol. The molecule has 0 N–H and O–H groups in total. The molecule has 20 heavy (non-hydrogen) atoms. The number of morpholine rings is 1. The Hall–Kier alpha value is -0.120. The van der Waals surface area contributed by atoms with E-state index in [-0.39, 0.29) is 28.9 Å². The molecule has 0 aromatic carbocycles. The number of hydroxylamine groups is 3. The summed E-state index contributed by atoms with van der Waals surface area (Å²) in [5.74, 6) is 0. The summed E-state index contributed by atoms with van der Waals surface area (Å²) in [7, 11) is 1.91. The molecule has 0 bridgehead atoms. The number of nitrogens with zero attached hydrogens (tertiary/aromatic N) is 1. The molecule has 0 aromatic rings. The summed E-state index contributed by atoms with van der Waals surface area (Å²) in [5, 5.41) is 13.4. The van der Waals surface area contributed by atoms with Crippen LogP contribution in [0.15, 0.2) is 0 Å². The smallest absolute Gasteiger partial charge is 0.115 e. The Kier molecular flexibility index (Phi) is 7.49. The molecule has 3 nitrogen and oxygen atoms in total. The van der Waals surface area contributed by atoms with Gasteiger partial charge in [0, 0.05) is 12.8 Å². The number of hydrogen-bond acceptors (Lipinski definition) is 2. The van der Waals surface area contributed by atoms with Gasteiger partial charge in [0.15, 0.2) is 0 Å². The first-order valence-electron chi connectivity index (χ1n) is 8.75. The highest BCUT2D eigenvalue weighted by Gasteiger charge is 2.47. The van der Waals surface area contributed by atoms with Gasteiger partial charge >= 0.3 is 0 Å². The van der Waals surface area contributed by atoms with E-state index in [0.29, 0.717) is 0 Å². The number of quaternary nitrogens is 1. The van der Waals surface area contributed by atoms with Crippen LogP contribution in [0.2, 0.25) is 0 Å². The highest BCUT2D eigenvalue weighted by atomic mass is 16.6. The van der Waals surface area contributed by atoms with Crippen LogP contribution in [-0.4, -0.2) is 36.0 Å². The SMILES string of the molecule is CCCC1OC(CCC)C(CCC)[N+](C)([O-])C1CCC. The Labute approximate surface area is 125 Å². The summed E-state index contributed by atoms with van der Waals surface area (Å²) in [5.41, 5.74) is 0. The van der Waals surface area contributed by atoms with Gasteiger partial charge in [-0.05, 0) is 12.8 Å². The average molecular weight is 285 g/mol. The van der Waals surface area contributed by atoms with E-state index < -0.39 is 0 Å². The highest BCUT2D eigenvalue weighted by molar-refractivity contribution is 4.85. The molecule has 1 aliphatic heterocycles. The van der Waals surface area contributed by atoms with E-state index in [9.17, 15) is 5.21 Å². The second kappa shape index (κ2) is 8.35. The Morgan fingerprint density at radius 3 is 1.40 bits per heavy atom. The number of rotatable bonds is 8. The van der Waals surface area contributed by atoms with Crippen LogP contribution in [0.3, 0.4) is 0 Å². The van der Waals surface area contributed by atoms with Crippen molar-refractivity contribution in [2.24, 2.45) is 0 Å². The van der Waals surface area contributed by atoms with Crippen molar-refractivity contribution in [1.29, 1.82) is 0 Å². The van der Waals surface area contributed by atoms with E-state index >= 15 is 0 Å². The zero-order chi connectivity index (χ0) is 15.2. The number of hydrogen-bond donors (Lipinski definition) is 0. The first-order chi connectivity index (χ1) is 9.52.